The molecule has 0 aliphatic rings. The number of alkyl halides is 3. The van der Waals surface area contributed by atoms with E-state index in [0.717, 1.165) is 0 Å². The highest BCUT2D eigenvalue weighted by Gasteiger charge is 2.29. The van der Waals surface area contributed by atoms with Crippen molar-refractivity contribution in [2.75, 3.05) is 7.11 Å². The van der Waals surface area contributed by atoms with Crippen molar-refractivity contribution in [2.24, 2.45) is 5.92 Å². The van der Waals surface area contributed by atoms with Crippen LogP contribution in [0.25, 0.3) is 0 Å². The maximum Gasteiger partial charge on any atom is 0.446 e. The number of carbonyl (C=O) groups is 1. The van der Waals surface area contributed by atoms with Gasteiger partial charge in [0.05, 0.1) is 19.1 Å². The highest BCUT2D eigenvalue weighted by molar-refractivity contribution is 8.00. The molecule has 0 aliphatic heterocycles. The molecule has 1 rings (SSSR count). The van der Waals surface area contributed by atoms with Crippen molar-refractivity contribution in [3.05, 3.63) is 29.8 Å². The number of ether oxygens (including phenoxy) is 1. The zero-order valence-electron chi connectivity index (χ0n) is 10.3. The molecule has 0 bridgehead atoms. The molecule has 0 aliphatic carbocycles. The average molecular weight is 294 g/mol. The number of hydrogen-bond acceptors (Lipinski definition) is 4. The van der Waals surface area contributed by atoms with Crippen molar-refractivity contribution in [3.63, 3.8) is 0 Å². The minimum atomic E-state index is -4.35. The Bertz CT molecular complexity index is 431. The second-order valence-corrected chi connectivity index (χ2v) is 5.01. The lowest BCUT2D eigenvalue weighted by Gasteiger charge is -2.17. The molecule has 7 heteroatoms. The zero-order chi connectivity index (χ0) is 14.6. The van der Waals surface area contributed by atoms with E-state index in [1.165, 1.54) is 38.3 Å². The third-order valence-electron chi connectivity index (χ3n) is 2.50. The Morgan fingerprint density at radius 2 is 1.84 bits per heavy atom. The normalized spacial score (nSPS) is 14.8. The van der Waals surface area contributed by atoms with Crippen molar-refractivity contribution in [3.8, 4) is 0 Å². The van der Waals surface area contributed by atoms with E-state index in [9.17, 15) is 23.1 Å². The van der Waals surface area contributed by atoms with Crippen molar-refractivity contribution < 1.29 is 27.8 Å². The molecule has 106 valence electrons. The van der Waals surface area contributed by atoms with Crippen LogP contribution in [0.3, 0.4) is 0 Å². The van der Waals surface area contributed by atoms with E-state index >= 15 is 0 Å². The summed E-state index contributed by atoms with van der Waals surface area (Å²) in [6, 6.07) is 5.22. The van der Waals surface area contributed by atoms with Gasteiger partial charge in [-0.05, 0) is 36.4 Å². The first-order valence-electron chi connectivity index (χ1n) is 5.36. The van der Waals surface area contributed by atoms with Crippen LogP contribution in [0.4, 0.5) is 13.2 Å². The standard InChI is InChI=1S/C12H13F3O3S/c1-7(11(17)18-2)10(16)8-3-5-9(6-4-8)19-12(13,14)15/h3-7,10,16H,1-2H3. The number of esters is 1. The lowest BCUT2D eigenvalue weighted by Crippen LogP contribution is -2.20. The number of aliphatic hydroxyl groups excluding tert-OH is 1. The molecule has 0 saturated carbocycles. The Morgan fingerprint density at radius 3 is 2.26 bits per heavy atom. The maximum atomic E-state index is 12.1. The first kappa shape index (κ1) is 15.8. The molecule has 0 heterocycles. The molecule has 0 aromatic heterocycles. The van der Waals surface area contributed by atoms with Gasteiger partial charge in [-0.25, -0.2) is 0 Å². The molecule has 0 amide bonds. The molecule has 2 unspecified atom stereocenters. The highest BCUT2D eigenvalue weighted by atomic mass is 32.2. The number of methoxy groups -OCH3 is 1. The molecule has 1 aromatic rings. The van der Waals surface area contributed by atoms with Crippen molar-refractivity contribution in [2.45, 2.75) is 23.4 Å². The van der Waals surface area contributed by atoms with E-state index in [2.05, 4.69) is 4.74 Å². The minimum Gasteiger partial charge on any atom is -0.469 e. The first-order chi connectivity index (χ1) is 8.74. The Labute approximate surface area is 112 Å². The van der Waals surface area contributed by atoms with E-state index in [4.69, 9.17) is 0 Å². The smallest absolute Gasteiger partial charge is 0.446 e. The molecule has 0 spiro atoms. The summed E-state index contributed by atoms with van der Waals surface area (Å²) in [5, 5.41) is 9.88. The number of thioether (sulfide) groups is 1. The Kier molecular flexibility index (Phi) is 5.25. The predicted octanol–water partition coefficient (Wildman–Crippen LogP) is 3.14. The summed E-state index contributed by atoms with van der Waals surface area (Å²) in [7, 11) is 1.20. The van der Waals surface area contributed by atoms with Crippen LogP contribution in [-0.4, -0.2) is 23.7 Å². The molecule has 19 heavy (non-hydrogen) atoms. The molecular formula is C12H13F3O3S. The fourth-order valence-corrected chi connectivity index (χ4v) is 2.01. The number of rotatable bonds is 4. The van der Waals surface area contributed by atoms with E-state index in [-0.39, 0.29) is 16.7 Å². The molecule has 1 N–H and O–H groups in total. The number of hydrogen-bond donors (Lipinski definition) is 1. The quantitative estimate of drug-likeness (QED) is 0.684. The largest absolute Gasteiger partial charge is 0.469 e. The van der Waals surface area contributed by atoms with E-state index in [0.29, 0.717) is 5.56 Å². The summed E-state index contributed by atoms with van der Waals surface area (Å²) in [6.07, 6.45) is -1.11. The Balaban J connectivity index is 2.78. The number of aliphatic hydroxyl groups is 1. The fourth-order valence-electron chi connectivity index (χ4n) is 1.47. The van der Waals surface area contributed by atoms with Gasteiger partial charge in [-0.2, -0.15) is 13.2 Å². The summed E-state index contributed by atoms with van der Waals surface area (Å²) in [4.78, 5) is 11.3. The van der Waals surface area contributed by atoms with Crippen molar-refractivity contribution >= 4 is 17.7 Å². The molecular weight excluding hydrogens is 281 g/mol. The van der Waals surface area contributed by atoms with Gasteiger partial charge in [-0.1, -0.05) is 12.1 Å². The molecule has 1 aromatic carbocycles. The zero-order valence-corrected chi connectivity index (χ0v) is 11.1. The van der Waals surface area contributed by atoms with Crippen LogP contribution in [0.15, 0.2) is 29.2 Å². The van der Waals surface area contributed by atoms with Gasteiger partial charge in [-0.3, -0.25) is 4.79 Å². The van der Waals surface area contributed by atoms with E-state index in [1.807, 2.05) is 0 Å². The molecule has 0 radical (unpaired) electrons. The van der Waals surface area contributed by atoms with Gasteiger partial charge < -0.3 is 9.84 Å². The van der Waals surface area contributed by atoms with Crippen molar-refractivity contribution in [1.82, 2.24) is 0 Å². The predicted molar refractivity (Wildman–Crippen MR) is 64.5 cm³/mol. The average Bonchev–Trinajstić information content (AvgIpc) is 2.35. The SMILES string of the molecule is COC(=O)C(C)C(O)c1ccc(SC(F)(F)F)cc1. The van der Waals surface area contributed by atoms with Crippen LogP contribution in [0.1, 0.15) is 18.6 Å². The summed E-state index contributed by atoms with van der Waals surface area (Å²) in [5.74, 6) is -1.37. The molecule has 0 fully saturated rings. The van der Waals surface area contributed by atoms with Gasteiger partial charge in [0.25, 0.3) is 0 Å². The second kappa shape index (κ2) is 6.29. The lowest BCUT2D eigenvalue weighted by molar-refractivity contribution is -0.148. The van der Waals surface area contributed by atoms with Gasteiger partial charge in [-0.15, -0.1) is 0 Å². The van der Waals surface area contributed by atoms with Crippen LogP contribution < -0.4 is 0 Å². The second-order valence-electron chi connectivity index (χ2n) is 3.87. The van der Waals surface area contributed by atoms with Gasteiger partial charge in [0.1, 0.15) is 0 Å². The summed E-state index contributed by atoms with van der Waals surface area (Å²) < 4.78 is 40.9. The Hall–Kier alpha value is -1.21. The lowest BCUT2D eigenvalue weighted by atomic mass is 9.98. The molecule has 3 nitrogen and oxygen atoms in total. The van der Waals surface area contributed by atoms with Crippen LogP contribution >= 0.6 is 11.8 Å². The van der Waals surface area contributed by atoms with Crippen LogP contribution in [0, 0.1) is 5.92 Å². The number of benzene rings is 1. The monoisotopic (exact) mass is 294 g/mol. The van der Waals surface area contributed by atoms with Crippen LogP contribution in [0.5, 0.6) is 0 Å². The minimum absolute atomic E-state index is 0.0224. The van der Waals surface area contributed by atoms with Gasteiger partial charge in [0, 0.05) is 4.90 Å². The van der Waals surface area contributed by atoms with Gasteiger partial charge in [0.15, 0.2) is 0 Å². The number of carbonyl (C=O) groups excluding carboxylic acids is 1. The Morgan fingerprint density at radius 1 is 1.32 bits per heavy atom. The third kappa shape index (κ3) is 4.76. The fraction of sp³-hybridized carbons (Fsp3) is 0.417. The molecule has 2 atom stereocenters. The first-order valence-corrected chi connectivity index (χ1v) is 6.18. The summed E-state index contributed by atoms with van der Waals surface area (Å²) in [5.41, 5.74) is -3.98. The topological polar surface area (TPSA) is 46.5 Å². The summed E-state index contributed by atoms with van der Waals surface area (Å²) >= 11 is -0.233. The van der Waals surface area contributed by atoms with Crippen LogP contribution in [-0.2, 0) is 9.53 Å². The van der Waals surface area contributed by atoms with Crippen LogP contribution in [0.2, 0.25) is 0 Å². The number of halogens is 3. The van der Waals surface area contributed by atoms with E-state index in [1.54, 1.807) is 0 Å². The maximum absolute atomic E-state index is 12.1. The summed E-state index contributed by atoms with van der Waals surface area (Å²) in [6.45, 7) is 1.48. The van der Waals surface area contributed by atoms with E-state index < -0.39 is 23.5 Å². The third-order valence-corrected chi connectivity index (χ3v) is 3.24. The van der Waals surface area contributed by atoms with Gasteiger partial charge in [0.2, 0.25) is 0 Å². The highest BCUT2D eigenvalue weighted by Crippen LogP contribution is 2.37. The van der Waals surface area contributed by atoms with Gasteiger partial charge >= 0.3 is 11.5 Å². The molecule has 0 saturated heterocycles. The van der Waals surface area contributed by atoms with Crippen molar-refractivity contribution in [1.29, 1.82) is 0 Å².